The summed E-state index contributed by atoms with van der Waals surface area (Å²) in [6.45, 7) is 2.09. The number of hydrogen-bond acceptors (Lipinski definition) is 3. The number of nitrogens with one attached hydrogen (secondary N) is 1. The molecule has 1 aromatic heterocycles. The lowest BCUT2D eigenvalue weighted by molar-refractivity contribution is 0.598. The van der Waals surface area contributed by atoms with Gasteiger partial charge >= 0.3 is 0 Å². The Balaban J connectivity index is 2.37. The van der Waals surface area contributed by atoms with Gasteiger partial charge in [0.05, 0.1) is 17.9 Å². The summed E-state index contributed by atoms with van der Waals surface area (Å²) in [5, 5.41) is 11.1. The van der Waals surface area contributed by atoms with Crippen LogP contribution in [0.2, 0.25) is 0 Å². The Hall–Kier alpha value is -1.68. The molecular weight excluding hydrogens is 200 g/mol. The van der Waals surface area contributed by atoms with Gasteiger partial charge < -0.3 is 5.32 Å². The molecular formula is C12H16N4. The van der Waals surface area contributed by atoms with Gasteiger partial charge in [0.25, 0.3) is 0 Å². The average Bonchev–Trinajstić information content (AvgIpc) is 2.69. The minimum atomic E-state index is 0.139. The molecule has 0 saturated carbocycles. The Morgan fingerprint density at radius 2 is 1.94 bits per heavy atom. The van der Waals surface area contributed by atoms with Gasteiger partial charge in [0.15, 0.2) is 0 Å². The van der Waals surface area contributed by atoms with Gasteiger partial charge in [-0.05, 0) is 19.5 Å². The second-order valence-corrected chi connectivity index (χ2v) is 3.91. The van der Waals surface area contributed by atoms with E-state index in [1.165, 1.54) is 11.1 Å². The molecule has 2 rings (SSSR count). The largest absolute Gasteiger partial charge is 0.308 e. The fraction of sp³-hybridized carbons (Fsp3) is 0.333. The van der Waals surface area contributed by atoms with Gasteiger partial charge in [0.1, 0.15) is 0 Å². The molecule has 0 aliphatic carbocycles. The Morgan fingerprint density at radius 1 is 1.25 bits per heavy atom. The van der Waals surface area contributed by atoms with E-state index in [-0.39, 0.29) is 6.04 Å². The van der Waals surface area contributed by atoms with Crippen LogP contribution in [0.25, 0.3) is 0 Å². The van der Waals surface area contributed by atoms with Gasteiger partial charge in [-0.3, -0.25) is 4.68 Å². The SMILES string of the molecule is CNC(c1ccc(C)cc1)c1cnnn1C. The second kappa shape index (κ2) is 4.45. The van der Waals surface area contributed by atoms with Crippen LogP contribution in [-0.4, -0.2) is 22.0 Å². The van der Waals surface area contributed by atoms with E-state index in [0.29, 0.717) is 0 Å². The molecule has 0 radical (unpaired) electrons. The van der Waals surface area contributed by atoms with Gasteiger partial charge in [-0.1, -0.05) is 35.0 Å². The highest BCUT2D eigenvalue weighted by atomic mass is 15.4. The molecule has 1 atom stereocenters. The van der Waals surface area contributed by atoms with E-state index < -0.39 is 0 Å². The molecule has 0 aliphatic heterocycles. The number of hydrogen-bond donors (Lipinski definition) is 1. The van der Waals surface area contributed by atoms with Gasteiger partial charge in [0.2, 0.25) is 0 Å². The van der Waals surface area contributed by atoms with Crippen LogP contribution in [0.3, 0.4) is 0 Å². The first kappa shape index (κ1) is 10.8. The van der Waals surface area contributed by atoms with E-state index >= 15 is 0 Å². The maximum Gasteiger partial charge on any atom is 0.0798 e. The summed E-state index contributed by atoms with van der Waals surface area (Å²) in [5.74, 6) is 0. The molecule has 1 heterocycles. The van der Waals surface area contributed by atoms with Crippen molar-refractivity contribution in [2.75, 3.05) is 7.05 Å². The molecule has 0 bridgehead atoms. The zero-order valence-electron chi connectivity index (χ0n) is 9.81. The van der Waals surface area contributed by atoms with Gasteiger partial charge in [-0.2, -0.15) is 0 Å². The molecule has 4 heteroatoms. The summed E-state index contributed by atoms with van der Waals surface area (Å²) in [6, 6.07) is 8.63. The van der Waals surface area contributed by atoms with Crippen LogP contribution in [0.4, 0.5) is 0 Å². The van der Waals surface area contributed by atoms with Crippen molar-refractivity contribution in [1.29, 1.82) is 0 Å². The molecule has 2 aromatic rings. The van der Waals surface area contributed by atoms with Gasteiger partial charge in [-0.15, -0.1) is 5.10 Å². The molecule has 0 spiro atoms. The van der Waals surface area contributed by atoms with Crippen LogP contribution in [-0.2, 0) is 7.05 Å². The maximum atomic E-state index is 3.96. The van der Waals surface area contributed by atoms with Crippen molar-refractivity contribution in [1.82, 2.24) is 20.3 Å². The highest BCUT2D eigenvalue weighted by Gasteiger charge is 2.15. The summed E-state index contributed by atoms with van der Waals surface area (Å²) >= 11 is 0. The third-order valence-corrected chi connectivity index (χ3v) is 2.74. The second-order valence-electron chi connectivity index (χ2n) is 3.91. The van der Waals surface area contributed by atoms with Crippen LogP contribution >= 0.6 is 0 Å². The lowest BCUT2D eigenvalue weighted by Crippen LogP contribution is -2.20. The molecule has 0 amide bonds. The minimum Gasteiger partial charge on any atom is -0.308 e. The average molecular weight is 216 g/mol. The molecule has 1 N–H and O–H groups in total. The fourth-order valence-electron chi connectivity index (χ4n) is 1.80. The zero-order valence-corrected chi connectivity index (χ0v) is 9.81. The molecule has 0 aliphatic rings. The zero-order chi connectivity index (χ0) is 11.5. The number of aromatic nitrogens is 3. The number of rotatable bonds is 3. The highest BCUT2D eigenvalue weighted by Crippen LogP contribution is 2.20. The third-order valence-electron chi connectivity index (χ3n) is 2.74. The van der Waals surface area contributed by atoms with Gasteiger partial charge in [-0.25, -0.2) is 0 Å². The van der Waals surface area contributed by atoms with E-state index in [9.17, 15) is 0 Å². The van der Waals surface area contributed by atoms with E-state index in [1.54, 1.807) is 10.9 Å². The normalized spacial score (nSPS) is 12.7. The molecule has 0 saturated heterocycles. The van der Waals surface area contributed by atoms with Crippen LogP contribution in [0, 0.1) is 6.92 Å². The maximum absolute atomic E-state index is 3.96. The fourth-order valence-corrected chi connectivity index (χ4v) is 1.80. The first-order valence-corrected chi connectivity index (χ1v) is 5.31. The first-order chi connectivity index (χ1) is 7.72. The molecule has 16 heavy (non-hydrogen) atoms. The summed E-state index contributed by atoms with van der Waals surface area (Å²) < 4.78 is 1.79. The summed E-state index contributed by atoms with van der Waals surface area (Å²) in [7, 11) is 3.85. The summed E-state index contributed by atoms with van der Waals surface area (Å²) in [5.41, 5.74) is 3.55. The van der Waals surface area contributed by atoms with Crippen molar-refractivity contribution in [3.63, 3.8) is 0 Å². The van der Waals surface area contributed by atoms with E-state index in [1.807, 2.05) is 14.1 Å². The number of benzene rings is 1. The minimum absolute atomic E-state index is 0.139. The first-order valence-electron chi connectivity index (χ1n) is 5.31. The predicted octanol–water partition coefficient (Wildman–Crippen LogP) is 1.43. The van der Waals surface area contributed by atoms with Crippen molar-refractivity contribution in [2.45, 2.75) is 13.0 Å². The van der Waals surface area contributed by atoms with Crippen molar-refractivity contribution in [3.8, 4) is 0 Å². The Morgan fingerprint density at radius 3 is 2.44 bits per heavy atom. The standard InChI is InChI=1S/C12H16N4/c1-9-4-6-10(7-5-9)12(13-2)11-8-14-15-16(11)3/h4-8,12-13H,1-3H3. The van der Waals surface area contributed by atoms with Gasteiger partial charge in [0, 0.05) is 7.05 Å². The summed E-state index contributed by atoms with van der Waals surface area (Å²) in [4.78, 5) is 0. The Bertz CT molecular complexity index is 458. The molecule has 84 valence electrons. The lowest BCUT2D eigenvalue weighted by atomic mass is 10.0. The molecule has 1 unspecified atom stereocenters. The lowest BCUT2D eigenvalue weighted by Gasteiger charge is -2.16. The quantitative estimate of drug-likeness (QED) is 0.844. The molecule has 4 nitrogen and oxygen atoms in total. The predicted molar refractivity (Wildman–Crippen MR) is 63.1 cm³/mol. The van der Waals surface area contributed by atoms with Crippen molar-refractivity contribution in [2.24, 2.45) is 7.05 Å². The van der Waals surface area contributed by atoms with Crippen molar-refractivity contribution < 1.29 is 0 Å². The Labute approximate surface area is 95.3 Å². The number of aryl methyl sites for hydroxylation is 2. The van der Waals surface area contributed by atoms with E-state index in [2.05, 4.69) is 46.8 Å². The van der Waals surface area contributed by atoms with E-state index in [4.69, 9.17) is 0 Å². The van der Waals surface area contributed by atoms with Crippen molar-refractivity contribution >= 4 is 0 Å². The van der Waals surface area contributed by atoms with Crippen molar-refractivity contribution in [3.05, 3.63) is 47.3 Å². The molecule has 1 aromatic carbocycles. The topological polar surface area (TPSA) is 42.7 Å². The van der Waals surface area contributed by atoms with Crippen LogP contribution in [0.1, 0.15) is 22.9 Å². The summed E-state index contributed by atoms with van der Waals surface area (Å²) in [6.07, 6.45) is 1.79. The van der Waals surface area contributed by atoms with E-state index in [0.717, 1.165) is 5.69 Å². The third kappa shape index (κ3) is 1.97. The Kier molecular flexibility index (Phi) is 3.01. The monoisotopic (exact) mass is 216 g/mol. The van der Waals surface area contributed by atoms with Crippen LogP contribution in [0.15, 0.2) is 30.5 Å². The highest BCUT2D eigenvalue weighted by molar-refractivity contribution is 5.29. The smallest absolute Gasteiger partial charge is 0.0798 e. The van der Waals surface area contributed by atoms with Crippen LogP contribution < -0.4 is 5.32 Å². The molecule has 0 fully saturated rings. The van der Waals surface area contributed by atoms with Crippen LogP contribution in [0.5, 0.6) is 0 Å². The number of nitrogens with zero attached hydrogens (tertiary/aromatic N) is 3.